The fraction of sp³-hybridized carbons (Fsp3) is 0.316. The maximum Gasteiger partial charge on any atom is 0.291 e. The van der Waals surface area contributed by atoms with Gasteiger partial charge >= 0.3 is 0 Å². The largest absolute Gasteiger partial charge is 0.377 e. The summed E-state index contributed by atoms with van der Waals surface area (Å²) in [7, 11) is 0. The van der Waals surface area contributed by atoms with Crippen molar-refractivity contribution in [2.45, 2.75) is 18.0 Å². The molecular weight excluding hydrogens is 426 g/mol. The molecule has 2 fully saturated rings. The van der Waals surface area contributed by atoms with Crippen LogP contribution in [0.15, 0.2) is 41.3 Å². The van der Waals surface area contributed by atoms with Gasteiger partial charge in [0.1, 0.15) is 10.3 Å². The number of hydrogen-bond donors (Lipinski definition) is 1. The number of carbonyl (C=O) groups is 3. The Morgan fingerprint density at radius 1 is 1.14 bits per heavy atom. The summed E-state index contributed by atoms with van der Waals surface area (Å²) in [6.45, 7) is 1.05. The molecule has 2 saturated heterocycles. The monoisotopic (exact) mass is 441 g/mol. The van der Waals surface area contributed by atoms with Gasteiger partial charge in [0.25, 0.3) is 11.8 Å². The van der Waals surface area contributed by atoms with E-state index in [0.717, 1.165) is 11.3 Å². The van der Waals surface area contributed by atoms with Crippen molar-refractivity contribution >= 4 is 39.2 Å². The van der Waals surface area contributed by atoms with Crippen molar-refractivity contribution in [2.24, 2.45) is 0 Å². The van der Waals surface area contributed by atoms with Gasteiger partial charge in [-0.1, -0.05) is 6.07 Å². The predicted octanol–water partition coefficient (Wildman–Crippen LogP) is 1.05. The standard InChI is InChI=1S/C19H16BrN5O3/c20-17-14-10(4-6-22-17)13-15(23-14)12-9-24(7-8-25(12)19(28)16(13)26)18(27)11-3-1-2-5-21-11/h1-6,12-13,15,23H,7-9H2/t12-,13?,15?/m1/s1. The Labute approximate surface area is 169 Å². The Morgan fingerprint density at radius 3 is 2.79 bits per heavy atom. The Bertz CT molecular complexity index is 998. The molecular formula is C19H16BrN5O3. The lowest BCUT2D eigenvalue weighted by Crippen LogP contribution is -2.67. The van der Waals surface area contributed by atoms with E-state index >= 15 is 0 Å². The van der Waals surface area contributed by atoms with E-state index in [4.69, 9.17) is 0 Å². The van der Waals surface area contributed by atoms with E-state index in [0.29, 0.717) is 29.9 Å². The first-order valence-electron chi connectivity index (χ1n) is 9.02. The molecule has 5 heterocycles. The summed E-state index contributed by atoms with van der Waals surface area (Å²) in [6.07, 6.45) is 3.21. The maximum atomic E-state index is 12.8. The maximum absolute atomic E-state index is 12.8. The van der Waals surface area contributed by atoms with Crippen molar-refractivity contribution in [1.29, 1.82) is 0 Å². The number of piperidine rings is 1. The van der Waals surface area contributed by atoms with Crippen LogP contribution in [0.5, 0.6) is 0 Å². The predicted molar refractivity (Wildman–Crippen MR) is 103 cm³/mol. The highest BCUT2D eigenvalue weighted by molar-refractivity contribution is 9.10. The topological polar surface area (TPSA) is 95.5 Å². The van der Waals surface area contributed by atoms with Crippen LogP contribution in [0.2, 0.25) is 0 Å². The van der Waals surface area contributed by atoms with Crippen LogP contribution >= 0.6 is 15.9 Å². The molecule has 28 heavy (non-hydrogen) atoms. The van der Waals surface area contributed by atoms with Gasteiger partial charge in [0, 0.05) is 32.0 Å². The Morgan fingerprint density at radius 2 is 2.00 bits per heavy atom. The molecule has 0 aromatic carbocycles. The zero-order valence-corrected chi connectivity index (χ0v) is 16.3. The molecule has 3 atom stereocenters. The van der Waals surface area contributed by atoms with Crippen LogP contribution in [0.3, 0.4) is 0 Å². The summed E-state index contributed by atoms with van der Waals surface area (Å²) in [4.78, 5) is 50.1. The lowest BCUT2D eigenvalue weighted by Gasteiger charge is -2.47. The number of nitrogens with zero attached hydrogens (tertiary/aromatic N) is 4. The van der Waals surface area contributed by atoms with Crippen molar-refractivity contribution in [3.8, 4) is 0 Å². The summed E-state index contributed by atoms with van der Waals surface area (Å²) < 4.78 is 0.614. The zero-order valence-electron chi connectivity index (χ0n) is 14.7. The van der Waals surface area contributed by atoms with Crippen LogP contribution in [-0.4, -0.2) is 69.1 Å². The number of nitrogens with one attached hydrogen (secondary N) is 1. The van der Waals surface area contributed by atoms with Crippen LogP contribution in [0, 0.1) is 0 Å². The van der Waals surface area contributed by atoms with E-state index in [-0.39, 0.29) is 18.0 Å². The molecule has 0 spiro atoms. The first kappa shape index (κ1) is 17.3. The van der Waals surface area contributed by atoms with E-state index in [9.17, 15) is 14.4 Å². The molecule has 2 amide bonds. The lowest BCUT2D eigenvalue weighted by atomic mass is 9.81. The Balaban J connectivity index is 1.47. The Kier molecular flexibility index (Phi) is 3.94. The smallest absolute Gasteiger partial charge is 0.291 e. The van der Waals surface area contributed by atoms with Crippen LogP contribution in [0.25, 0.3) is 0 Å². The number of pyridine rings is 2. The number of rotatable bonds is 1. The van der Waals surface area contributed by atoms with Gasteiger partial charge in [-0.3, -0.25) is 19.4 Å². The summed E-state index contributed by atoms with van der Waals surface area (Å²) >= 11 is 3.41. The summed E-state index contributed by atoms with van der Waals surface area (Å²) in [5.41, 5.74) is 1.90. The number of fused-ring (bicyclic) bond motifs is 5. The molecule has 0 aliphatic carbocycles. The summed E-state index contributed by atoms with van der Waals surface area (Å²) in [6, 6.07) is 6.40. The van der Waals surface area contributed by atoms with Crippen LogP contribution in [0.4, 0.5) is 5.69 Å². The molecule has 3 aliphatic rings. The van der Waals surface area contributed by atoms with Crippen LogP contribution in [-0.2, 0) is 9.59 Å². The number of hydrogen-bond acceptors (Lipinski definition) is 6. The minimum Gasteiger partial charge on any atom is -0.377 e. The molecule has 0 radical (unpaired) electrons. The SMILES string of the molecule is O=C1C(=O)N2CCN(C(=O)c3ccccn3)C[C@@H]2C2Nc3c(ccnc3Br)C12. The van der Waals surface area contributed by atoms with Gasteiger partial charge in [-0.25, -0.2) is 4.98 Å². The molecule has 9 heteroatoms. The number of anilines is 1. The van der Waals surface area contributed by atoms with Crippen molar-refractivity contribution < 1.29 is 14.4 Å². The number of ketones is 1. The number of carbonyl (C=O) groups excluding carboxylic acids is 3. The third-order valence-corrected chi connectivity index (χ3v) is 6.30. The number of aromatic nitrogens is 2. The molecule has 1 N–H and O–H groups in total. The van der Waals surface area contributed by atoms with E-state index in [1.54, 1.807) is 46.5 Å². The lowest BCUT2D eigenvalue weighted by molar-refractivity contribution is -0.152. The summed E-state index contributed by atoms with van der Waals surface area (Å²) in [5, 5.41) is 3.38. The number of piperazine rings is 1. The van der Waals surface area contributed by atoms with E-state index in [1.807, 2.05) is 0 Å². The van der Waals surface area contributed by atoms with Gasteiger partial charge in [0.2, 0.25) is 5.78 Å². The quantitative estimate of drug-likeness (QED) is 0.524. The molecule has 8 nitrogen and oxygen atoms in total. The van der Waals surface area contributed by atoms with Crippen LogP contribution < -0.4 is 5.32 Å². The van der Waals surface area contributed by atoms with Gasteiger partial charge in [-0.15, -0.1) is 0 Å². The molecule has 0 saturated carbocycles. The van der Waals surface area contributed by atoms with Gasteiger partial charge in [0.05, 0.1) is 23.7 Å². The molecule has 2 aromatic heterocycles. The van der Waals surface area contributed by atoms with Crippen molar-refractivity contribution in [3.63, 3.8) is 0 Å². The summed E-state index contributed by atoms with van der Waals surface area (Å²) in [5.74, 6) is -1.61. The first-order valence-corrected chi connectivity index (χ1v) is 9.81. The van der Waals surface area contributed by atoms with E-state index in [1.165, 1.54) is 0 Å². The highest BCUT2D eigenvalue weighted by Crippen LogP contribution is 2.44. The molecule has 0 bridgehead atoms. The van der Waals surface area contributed by atoms with Crippen molar-refractivity contribution in [2.75, 3.05) is 25.0 Å². The normalized spacial score (nSPS) is 25.7. The zero-order chi connectivity index (χ0) is 19.4. The molecule has 2 unspecified atom stereocenters. The third-order valence-electron chi connectivity index (χ3n) is 5.70. The van der Waals surface area contributed by atoms with Gasteiger partial charge in [-0.2, -0.15) is 0 Å². The molecule has 142 valence electrons. The average Bonchev–Trinajstić information content (AvgIpc) is 3.13. The second kappa shape index (κ2) is 6.37. The third kappa shape index (κ3) is 2.46. The average molecular weight is 442 g/mol. The van der Waals surface area contributed by atoms with E-state index < -0.39 is 17.6 Å². The molecule has 3 aliphatic heterocycles. The minimum atomic E-state index is -0.562. The van der Waals surface area contributed by atoms with Gasteiger partial charge in [0.15, 0.2) is 0 Å². The number of amides is 2. The fourth-order valence-corrected chi connectivity index (χ4v) is 4.86. The van der Waals surface area contributed by atoms with Crippen molar-refractivity contribution in [1.82, 2.24) is 19.8 Å². The first-order chi connectivity index (χ1) is 13.6. The van der Waals surface area contributed by atoms with E-state index in [2.05, 4.69) is 31.2 Å². The number of halogens is 1. The van der Waals surface area contributed by atoms with Gasteiger partial charge < -0.3 is 15.1 Å². The highest BCUT2D eigenvalue weighted by atomic mass is 79.9. The van der Waals surface area contributed by atoms with Crippen molar-refractivity contribution in [3.05, 3.63) is 52.5 Å². The highest BCUT2D eigenvalue weighted by Gasteiger charge is 2.54. The van der Waals surface area contributed by atoms with Crippen LogP contribution in [0.1, 0.15) is 22.0 Å². The second-order valence-electron chi connectivity index (χ2n) is 7.11. The van der Waals surface area contributed by atoms with Gasteiger partial charge in [-0.05, 0) is 39.7 Å². The molecule has 2 aromatic rings. The minimum absolute atomic E-state index is 0.167. The number of Topliss-reactive ketones (excluding diaryl/α,β-unsaturated/α-hetero) is 1. The fourth-order valence-electron chi connectivity index (χ4n) is 4.40. The molecule has 5 rings (SSSR count). The Hall–Kier alpha value is -2.81. The second-order valence-corrected chi connectivity index (χ2v) is 7.86.